The number of rotatable bonds is 2. The van der Waals surface area contributed by atoms with Crippen LogP contribution >= 0.6 is 0 Å². The predicted octanol–water partition coefficient (Wildman–Crippen LogP) is 0.545. The van der Waals surface area contributed by atoms with Crippen molar-refractivity contribution in [2.24, 2.45) is 0 Å². The third-order valence-corrected chi connectivity index (χ3v) is 2.75. The van der Waals surface area contributed by atoms with E-state index in [0.717, 1.165) is 19.4 Å². The van der Waals surface area contributed by atoms with Gasteiger partial charge in [-0.25, -0.2) is 0 Å². The fourth-order valence-corrected chi connectivity index (χ4v) is 1.81. The molecule has 82 valence electrons. The van der Waals surface area contributed by atoms with Gasteiger partial charge in [-0.3, -0.25) is 4.79 Å². The largest absolute Gasteiger partial charge is 0.364 e. The molecule has 1 aromatic rings. The van der Waals surface area contributed by atoms with E-state index in [1.165, 1.54) is 6.26 Å². The first kappa shape index (κ1) is 10.2. The van der Waals surface area contributed by atoms with Crippen LogP contribution in [-0.4, -0.2) is 29.7 Å². The van der Waals surface area contributed by atoms with Gasteiger partial charge < -0.3 is 15.2 Å². The highest BCUT2D eigenvalue weighted by Crippen LogP contribution is 2.08. The summed E-state index contributed by atoms with van der Waals surface area (Å²) in [5.74, 6) is -0.163. The standard InChI is InChI=1S/C10H15N3O2/c1-7-8(3-2-5-11-7)12-10(14)9-4-6-15-13-9/h4,6-8,11H,2-3,5H2,1H3,(H,12,14). The van der Waals surface area contributed by atoms with Crippen molar-refractivity contribution in [2.45, 2.75) is 31.8 Å². The zero-order valence-electron chi connectivity index (χ0n) is 8.69. The van der Waals surface area contributed by atoms with Crippen LogP contribution in [0.2, 0.25) is 0 Å². The fraction of sp³-hybridized carbons (Fsp3) is 0.600. The minimum atomic E-state index is -0.163. The Labute approximate surface area is 88.2 Å². The van der Waals surface area contributed by atoms with Gasteiger partial charge in [-0.1, -0.05) is 5.16 Å². The number of hydrogen-bond acceptors (Lipinski definition) is 4. The van der Waals surface area contributed by atoms with E-state index in [9.17, 15) is 4.79 Å². The lowest BCUT2D eigenvalue weighted by Gasteiger charge is -2.30. The number of piperidine rings is 1. The Balaban J connectivity index is 1.93. The lowest BCUT2D eigenvalue weighted by molar-refractivity contribution is 0.0910. The summed E-state index contributed by atoms with van der Waals surface area (Å²) in [6.07, 6.45) is 3.50. The topological polar surface area (TPSA) is 67.2 Å². The van der Waals surface area contributed by atoms with Gasteiger partial charge in [0.2, 0.25) is 0 Å². The highest BCUT2D eigenvalue weighted by atomic mass is 16.5. The van der Waals surface area contributed by atoms with E-state index in [2.05, 4.69) is 27.2 Å². The Bertz CT molecular complexity index is 323. The van der Waals surface area contributed by atoms with Crippen LogP contribution in [-0.2, 0) is 0 Å². The number of amides is 1. The molecule has 2 unspecified atom stereocenters. The molecule has 1 aliphatic heterocycles. The molecule has 15 heavy (non-hydrogen) atoms. The van der Waals surface area contributed by atoms with Gasteiger partial charge in [0.15, 0.2) is 5.69 Å². The molecule has 5 heteroatoms. The summed E-state index contributed by atoms with van der Waals surface area (Å²) in [4.78, 5) is 11.7. The molecule has 2 atom stereocenters. The van der Waals surface area contributed by atoms with E-state index in [0.29, 0.717) is 11.7 Å². The molecule has 2 heterocycles. The maximum atomic E-state index is 11.7. The van der Waals surface area contributed by atoms with Gasteiger partial charge in [0.05, 0.1) is 0 Å². The molecule has 0 bridgehead atoms. The van der Waals surface area contributed by atoms with Crippen molar-refractivity contribution >= 4 is 5.91 Å². The lowest BCUT2D eigenvalue weighted by Crippen LogP contribution is -2.51. The van der Waals surface area contributed by atoms with Gasteiger partial charge in [-0.2, -0.15) is 0 Å². The van der Waals surface area contributed by atoms with E-state index < -0.39 is 0 Å². The Morgan fingerprint density at radius 2 is 2.60 bits per heavy atom. The van der Waals surface area contributed by atoms with Gasteiger partial charge in [-0.05, 0) is 26.3 Å². The molecule has 2 rings (SSSR count). The number of carbonyl (C=O) groups is 1. The Kier molecular flexibility index (Phi) is 3.01. The number of carbonyl (C=O) groups excluding carboxylic acids is 1. The summed E-state index contributed by atoms with van der Waals surface area (Å²) < 4.78 is 4.63. The second-order valence-electron chi connectivity index (χ2n) is 3.85. The third-order valence-electron chi connectivity index (χ3n) is 2.75. The van der Waals surface area contributed by atoms with Gasteiger partial charge in [0.25, 0.3) is 5.91 Å². The van der Waals surface area contributed by atoms with Gasteiger partial charge in [0, 0.05) is 18.2 Å². The summed E-state index contributed by atoms with van der Waals surface area (Å²) in [7, 11) is 0. The Morgan fingerprint density at radius 1 is 1.73 bits per heavy atom. The molecule has 0 aromatic carbocycles. The van der Waals surface area contributed by atoms with Crippen LogP contribution in [0.1, 0.15) is 30.3 Å². The van der Waals surface area contributed by atoms with E-state index >= 15 is 0 Å². The number of aromatic nitrogens is 1. The van der Waals surface area contributed by atoms with E-state index in [1.807, 2.05) is 0 Å². The first-order valence-corrected chi connectivity index (χ1v) is 5.22. The second-order valence-corrected chi connectivity index (χ2v) is 3.85. The van der Waals surface area contributed by atoms with Crippen LogP contribution < -0.4 is 10.6 Å². The van der Waals surface area contributed by atoms with Crippen LogP contribution in [0.15, 0.2) is 16.9 Å². The first-order chi connectivity index (χ1) is 7.27. The Morgan fingerprint density at radius 3 is 3.27 bits per heavy atom. The zero-order valence-corrected chi connectivity index (χ0v) is 8.69. The number of hydrogen-bond donors (Lipinski definition) is 2. The van der Waals surface area contributed by atoms with Crippen molar-refractivity contribution < 1.29 is 9.32 Å². The maximum absolute atomic E-state index is 11.7. The molecule has 5 nitrogen and oxygen atoms in total. The van der Waals surface area contributed by atoms with Crippen molar-refractivity contribution in [3.8, 4) is 0 Å². The normalized spacial score (nSPS) is 26.2. The summed E-state index contributed by atoms with van der Waals surface area (Å²) in [5.41, 5.74) is 0.341. The molecule has 1 aromatic heterocycles. The molecular formula is C10H15N3O2. The zero-order chi connectivity index (χ0) is 10.7. The van der Waals surface area contributed by atoms with Crippen molar-refractivity contribution in [3.05, 3.63) is 18.0 Å². The minimum absolute atomic E-state index is 0.163. The summed E-state index contributed by atoms with van der Waals surface area (Å²) >= 11 is 0. The lowest BCUT2D eigenvalue weighted by atomic mass is 10.00. The van der Waals surface area contributed by atoms with Crippen LogP contribution in [0.3, 0.4) is 0 Å². The predicted molar refractivity (Wildman–Crippen MR) is 54.5 cm³/mol. The molecule has 2 N–H and O–H groups in total. The number of nitrogens with zero attached hydrogens (tertiary/aromatic N) is 1. The highest BCUT2D eigenvalue weighted by molar-refractivity contribution is 5.92. The SMILES string of the molecule is CC1NCCCC1NC(=O)c1ccon1. The quantitative estimate of drug-likeness (QED) is 0.746. The molecule has 1 amide bonds. The highest BCUT2D eigenvalue weighted by Gasteiger charge is 2.23. The van der Waals surface area contributed by atoms with Gasteiger partial charge in [0.1, 0.15) is 6.26 Å². The summed E-state index contributed by atoms with van der Waals surface area (Å²) in [6, 6.07) is 2.06. The summed E-state index contributed by atoms with van der Waals surface area (Å²) in [5, 5.41) is 9.87. The summed E-state index contributed by atoms with van der Waals surface area (Å²) in [6.45, 7) is 3.10. The molecule has 1 fully saturated rings. The van der Waals surface area contributed by atoms with E-state index in [-0.39, 0.29) is 11.9 Å². The van der Waals surface area contributed by atoms with Crippen LogP contribution in [0.5, 0.6) is 0 Å². The monoisotopic (exact) mass is 209 g/mol. The fourth-order valence-electron chi connectivity index (χ4n) is 1.81. The third kappa shape index (κ3) is 2.36. The van der Waals surface area contributed by atoms with Crippen molar-refractivity contribution in [2.75, 3.05) is 6.54 Å². The van der Waals surface area contributed by atoms with Crippen LogP contribution in [0.25, 0.3) is 0 Å². The minimum Gasteiger partial charge on any atom is -0.364 e. The van der Waals surface area contributed by atoms with Gasteiger partial charge >= 0.3 is 0 Å². The van der Waals surface area contributed by atoms with E-state index in [4.69, 9.17) is 0 Å². The van der Waals surface area contributed by atoms with Crippen LogP contribution in [0.4, 0.5) is 0 Å². The van der Waals surface area contributed by atoms with E-state index in [1.54, 1.807) is 6.07 Å². The smallest absolute Gasteiger partial charge is 0.273 e. The van der Waals surface area contributed by atoms with Gasteiger partial charge in [-0.15, -0.1) is 0 Å². The number of nitrogens with one attached hydrogen (secondary N) is 2. The second kappa shape index (κ2) is 4.44. The maximum Gasteiger partial charge on any atom is 0.273 e. The molecule has 1 saturated heterocycles. The molecular weight excluding hydrogens is 194 g/mol. The Hall–Kier alpha value is -1.36. The molecule has 0 saturated carbocycles. The average molecular weight is 209 g/mol. The molecule has 0 spiro atoms. The van der Waals surface area contributed by atoms with Crippen molar-refractivity contribution in [3.63, 3.8) is 0 Å². The van der Waals surface area contributed by atoms with Crippen molar-refractivity contribution in [1.82, 2.24) is 15.8 Å². The molecule has 0 aliphatic carbocycles. The molecule has 0 radical (unpaired) electrons. The van der Waals surface area contributed by atoms with Crippen molar-refractivity contribution in [1.29, 1.82) is 0 Å². The van der Waals surface area contributed by atoms with Crippen LogP contribution in [0, 0.1) is 0 Å². The first-order valence-electron chi connectivity index (χ1n) is 5.22. The molecule has 1 aliphatic rings. The average Bonchev–Trinajstić information content (AvgIpc) is 2.74.